The van der Waals surface area contributed by atoms with Gasteiger partial charge in [-0.15, -0.1) is 0 Å². The summed E-state index contributed by atoms with van der Waals surface area (Å²) < 4.78 is 41.1. The molecule has 0 saturated carbocycles. The van der Waals surface area contributed by atoms with Crippen molar-refractivity contribution in [3.8, 4) is 11.5 Å². The smallest absolute Gasteiger partial charge is 0.410 e. The Labute approximate surface area is 300 Å². The highest BCUT2D eigenvalue weighted by Gasteiger charge is 2.41. The van der Waals surface area contributed by atoms with Crippen molar-refractivity contribution in [3.63, 3.8) is 0 Å². The lowest BCUT2D eigenvalue weighted by molar-refractivity contribution is -0.121. The van der Waals surface area contributed by atoms with Crippen molar-refractivity contribution in [3.05, 3.63) is 101 Å². The van der Waals surface area contributed by atoms with Gasteiger partial charge in [0.2, 0.25) is 0 Å². The minimum Gasteiger partial charge on any atom is -0.497 e. The zero-order valence-corrected chi connectivity index (χ0v) is 29.5. The fraction of sp³-hybridized carbons (Fsp3) is 0.450. The first-order valence-electron chi connectivity index (χ1n) is 17.7. The summed E-state index contributed by atoms with van der Waals surface area (Å²) in [5.74, 6) is 1.11. The van der Waals surface area contributed by atoms with Gasteiger partial charge in [0.15, 0.2) is 6.61 Å². The second kappa shape index (κ2) is 18.2. The molecule has 3 aliphatic rings. The summed E-state index contributed by atoms with van der Waals surface area (Å²) in [5, 5.41) is 0. The summed E-state index contributed by atoms with van der Waals surface area (Å²) in [7, 11) is 3.30. The number of hydrogen-bond donors (Lipinski definition) is 0. The molecule has 0 spiro atoms. The molecule has 0 N–H and O–H groups in total. The van der Waals surface area contributed by atoms with Crippen molar-refractivity contribution in [2.24, 2.45) is 0 Å². The number of amides is 2. The second-order valence-corrected chi connectivity index (χ2v) is 12.9. The number of methoxy groups -OCH3 is 2. The molecule has 0 aliphatic carbocycles. The van der Waals surface area contributed by atoms with Crippen LogP contribution in [-0.4, -0.2) is 96.0 Å². The van der Waals surface area contributed by atoms with Crippen LogP contribution in [0.3, 0.4) is 0 Å². The van der Waals surface area contributed by atoms with Gasteiger partial charge in [-0.2, -0.15) is 0 Å². The highest BCUT2D eigenvalue weighted by atomic mass is 16.6. The molecule has 272 valence electrons. The van der Waals surface area contributed by atoms with Crippen LogP contribution in [0.2, 0.25) is 0 Å². The van der Waals surface area contributed by atoms with Gasteiger partial charge in [-0.25, -0.2) is 4.79 Å². The van der Waals surface area contributed by atoms with E-state index in [1.54, 1.807) is 24.0 Å². The first kappa shape index (κ1) is 36.4. The van der Waals surface area contributed by atoms with Gasteiger partial charge in [0.05, 0.1) is 64.5 Å². The molecule has 0 radical (unpaired) electrons. The lowest BCUT2D eigenvalue weighted by atomic mass is 9.84. The maximum absolute atomic E-state index is 13.6. The number of piperidine rings is 1. The third-order valence-corrected chi connectivity index (χ3v) is 9.54. The normalized spacial score (nSPS) is 20.4. The molecule has 11 heteroatoms. The van der Waals surface area contributed by atoms with Crippen LogP contribution >= 0.6 is 0 Å². The molecule has 0 aromatic heterocycles. The van der Waals surface area contributed by atoms with Gasteiger partial charge < -0.3 is 43.0 Å². The molecule has 2 fully saturated rings. The van der Waals surface area contributed by atoms with Gasteiger partial charge in [-0.05, 0) is 60.2 Å². The largest absolute Gasteiger partial charge is 0.497 e. The minimum absolute atomic E-state index is 0.00347. The molecule has 51 heavy (non-hydrogen) atoms. The Kier molecular flexibility index (Phi) is 13.0. The lowest BCUT2D eigenvalue weighted by Gasteiger charge is -2.43. The number of fused-ring (bicyclic) bond motifs is 1. The molecule has 6 rings (SSSR count). The Balaban J connectivity index is 1.25. The number of ether oxygens (including phenoxy) is 7. The molecular formula is C40H48N2O9. The quantitative estimate of drug-likeness (QED) is 0.150. The van der Waals surface area contributed by atoms with E-state index in [0.717, 1.165) is 35.3 Å². The summed E-state index contributed by atoms with van der Waals surface area (Å²) in [4.78, 5) is 29.9. The van der Waals surface area contributed by atoms with E-state index in [2.05, 4.69) is 6.08 Å². The average molecular weight is 701 g/mol. The zero-order valence-electron chi connectivity index (χ0n) is 29.5. The fourth-order valence-corrected chi connectivity index (χ4v) is 6.78. The number of carbonyl (C=O) groups excluding carboxylic acids is 2. The van der Waals surface area contributed by atoms with Crippen LogP contribution in [-0.2, 0) is 41.7 Å². The van der Waals surface area contributed by atoms with E-state index in [1.807, 2.05) is 72.8 Å². The van der Waals surface area contributed by atoms with Crippen LogP contribution in [0.4, 0.5) is 10.5 Å². The third-order valence-electron chi connectivity index (χ3n) is 9.54. The first-order chi connectivity index (χ1) is 25.0. The van der Waals surface area contributed by atoms with Gasteiger partial charge in [0, 0.05) is 26.2 Å². The molecule has 3 atom stereocenters. The van der Waals surface area contributed by atoms with E-state index in [1.165, 1.54) is 5.57 Å². The molecule has 2 saturated heterocycles. The molecule has 3 aromatic rings. The standard InChI is InChI=1S/C40H48N2O9/c1-45-19-6-18-42-34-23-31(9-14-35(34)50-28-38(42)43)27-49-37-25-41(40(44)51-26-30-7-4-3-5-8-30)24-36(48-22-17-29-15-20-47-21-16-29)39(37)32-10-12-33(46-2)13-11-32/h3-5,7-14,17,23,36-37,39H,6,15-16,18-22,24-28H2,1-2H3/t36-,37+,39+/m1/s1. The molecule has 11 nitrogen and oxygen atoms in total. The number of rotatable bonds is 14. The Morgan fingerprint density at radius 3 is 2.41 bits per heavy atom. The number of anilines is 1. The van der Waals surface area contributed by atoms with Crippen molar-refractivity contribution in [1.82, 2.24) is 4.90 Å². The molecule has 3 aromatic carbocycles. The molecule has 3 heterocycles. The summed E-state index contributed by atoms with van der Waals surface area (Å²) in [6.07, 6.45) is 3.38. The number of likely N-dealkylation sites (tertiary alicyclic amines) is 1. The van der Waals surface area contributed by atoms with E-state index in [0.29, 0.717) is 63.9 Å². The van der Waals surface area contributed by atoms with Crippen LogP contribution in [0.1, 0.15) is 41.9 Å². The zero-order chi connectivity index (χ0) is 35.4. The summed E-state index contributed by atoms with van der Waals surface area (Å²) in [6, 6.07) is 23.4. The van der Waals surface area contributed by atoms with E-state index in [-0.39, 0.29) is 37.7 Å². The molecule has 3 aliphatic heterocycles. The third kappa shape index (κ3) is 9.68. The summed E-state index contributed by atoms with van der Waals surface area (Å²) in [6.45, 7) is 3.97. The Morgan fingerprint density at radius 1 is 0.902 bits per heavy atom. The van der Waals surface area contributed by atoms with Crippen molar-refractivity contribution < 1.29 is 42.7 Å². The molecule has 0 unspecified atom stereocenters. The van der Waals surface area contributed by atoms with E-state index in [9.17, 15) is 9.59 Å². The maximum Gasteiger partial charge on any atom is 0.410 e. The maximum atomic E-state index is 13.6. The van der Waals surface area contributed by atoms with Crippen LogP contribution in [0.5, 0.6) is 11.5 Å². The number of carbonyl (C=O) groups is 2. The Morgan fingerprint density at radius 2 is 1.67 bits per heavy atom. The van der Waals surface area contributed by atoms with Crippen molar-refractivity contribution in [2.75, 3.05) is 71.8 Å². The van der Waals surface area contributed by atoms with Gasteiger partial charge in [-0.3, -0.25) is 4.79 Å². The number of benzene rings is 3. The Hall–Kier alpha value is -4.42. The molecule has 0 bridgehead atoms. The van der Waals surface area contributed by atoms with Gasteiger partial charge in [0.25, 0.3) is 5.91 Å². The van der Waals surface area contributed by atoms with Gasteiger partial charge >= 0.3 is 6.09 Å². The minimum atomic E-state index is -0.441. The van der Waals surface area contributed by atoms with Crippen LogP contribution in [0.15, 0.2) is 84.4 Å². The van der Waals surface area contributed by atoms with E-state index >= 15 is 0 Å². The van der Waals surface area contributed by atoms with Crippen molar-refractivity contribution in [1.29, 1.82) is 0 Å². The second-order valence-electron chi connectivity index (χ2n) is 12.9. The molecule has 2 amide bonds. The van der Waals surface area contributed by atoms with Crippen molar-refractivity contribution >= 4 is 17.7 Å². The predicted octanol–water partition coefficient (Wildman–Crippen LogP) is 5.90. The Bertz CT molecular complexity index is 1610. The molecular weight excluding hydrogens is 652 g/mol. The topological polar surface area (TPSA) is 105 Å². The summed E-state index contributed by atoms with van der Waals surface area (Å²) in [5.41, 5.74) is 4.84. The van der Waals surface area contributed by atoms with Crippen LogP contribution in [0.25, 0.3) is 0 Å². The number of hydrogen-bond acceptors (Lipinski definition) is 9. The van der Waals surface area contributed by atoms with Crippen LogP contribution in [0, 0.1) is 0 Å². The fourth-order valence-electron chi connectivity index (χ4n) is 6.78. The SMILES string of the molecule is COCCCN1C(=O)COc2ccc(CO[C@H]3CN(C(=O)OCc4ccccc4)C[C@@H](OCC=C4CCOCC4)[C@@H]3c3ccc(OC)cc3)cc21. The van der Waals surface area contributed by atoms with E-state index < -0.39 is 12.2 Å². The van der Waals surface area contributed by atoms with Crippen molar-refractivity contribution in [2.45, 2.75) is 50.6 Å². The number of nitrogens with zero attached hydrogens (tertiary/aromatic N) is 2. The first-order valence-corrected chi connectivity index (χ1v) is 17.7. The van der Waals surface area contributed by atoms with Crippen LogP contribution < -0.4 is 14.4 Å². The highest BCUT2D eigenvalue weighted by Crippen LogP contribution is 2.37. The van der Waals surface area contributed by atoms with E-state index in [4.69, 9.17) is 33.2 Å². The van der Waals surface area contributed by atoms with Gasteiger partial charge in [0.1, 0.15) is 18.1 Å². The average Bonchev–Trinajstić information content (AvgIpc) is 3.17. The van der Waals surface area contributed by atoms with Gasteiger partial charge in [-0.1, -0.05) is 60.2 Å². The lowest BCUT2D eigenvalue weighted by Crippen LogP contribution is -2.54. The predicted molar refractivity (Wildman–Crippen MR) is 191 cm³/mol. The highest BCUT2D eigenvalue weighted by molar-refractivity contribution is 5.97. The summed E-state index contributed by atoms with van der Waals surface area (Å²) >= 11 is 0. The monoisotopic (exact) mass is 700 g/mol.